The summed E-state index contributed by atoms with van der Waals surface area (Å²) in [4.78, 5) is 17.0. The van der Waals surface area contributed by atoms with Crippen LogP contribution in [0.2, 0.25) is 0 Å². The first-order chi connectivity index (χ1) is 14.1. The maximum atomic E-state index is 12.6. The molecule has 2 aromatic heterocycles. The summed E-state index contributed by atoms with van der Waals surface area (Å²) in [6, 6.07) is 7.87. The van der Waals surface area contributed by atoms with Gasteiger partial charge < -0.3 is 15.4 Å². The average Bonchev–Trinajstić information content (AvgIpc) is 3.28. The fourth-order valence-corrected chi connectivity index (χ4v) is 3.60. The first-order valence-electron chi connectivity index (χ1n) is 9.88. The number of ether oxygens (including phenoxy) is 1. The summed E-state index contributed by atoms with van der Waals surface area (Å²) in [5.74, 6) is 1.36. The topological polar surface area (TPSA) is 98.9 Å². The lowest BCUT2D eigenvalue weighted by atomic mass is 10.1. The third-order valence-electron chi connectivity index (χ3n) is 5.26. The first kappa shape index (κ1) is 17.9. The van der Waals surface area contributed by atoms with Gasteiger partial charge in [-0.25, -0.2) is 14.3 Å². The van der Waals surface area contributed by atoms with Gasteiger partial charge in [-0.05, 0) is 38.1 Å². The van der Waals surface area contributed by atoms with E-state index in [0.29, 0.717) is 24.3 Å². The SMILES string of the molecule is CC(C)n1ncnc1-c1cc2n(n1)-c1cc(C(=O)NC3CNC3)ccc1OCC2. The van der Waals surface area contributed by atoms with Crippen molar-refractivity contribution in [2.75, 3.05) is 19.7 Å². The van der Waals surface area contributed by atoms with Gasteiger partial charge in [0.1, 0.15) is 23.5 Å². The highest BCUT2D eigenvalue weighted by atomic mass is 16.5. The molecule has 9 nitrogen and oxygen atoms in total. The number of amides is 1. The quantitative estimate of drug-likeness (QED) is 0.694. The molecule has 2 aliphatic heterocycles. The Bertz CT molecular complexity index is 1060. The van der Waals surface area contributed by atoms with Crippen molar-refractivity contribution in [1.29, 1.82) is 0 Å². The van der Waals surface area contributed by atoms with Gasteiger partial charge in [0.15, 0.2) is 5.82 Å². The molecule has 0 spiro atoms. The Kier molecular flexibility index (Phi) is 4.31. The van der Waals surface area contributed by atoms with Gasteiger partial charge in [-0.3, -0.25) is 4.79 Å². The number of benzene rings is 1. The third kappa shape index (κ3) is 3.17. The van der Waals surface area contributed by atoms with Crippen molar-refractivity contribution >= 4 is 5.91 Å². The highest BCUT2D eigenvalue weighted by molar-refractivity contribution is 5.95. The standard InChI is InChI=1S/C20H23N7O2/c1-12(2)26-19(22-11-23-26)16-8-15-5-6-29-18-4-3-13(7-17(18)27(15)25-16)20(28)24-14-9-21-10-14/h3-4,7-8,11-12,14,21H,5-6,9-10H2,1-2H3,(H,24,28). The number of hydrogen-bond donors (Lipinski definition) is 2. The Morgan fingerprint density at radius 1 is 1.31 bits per heavy atom. The van der Waals surface area contributed by atoms with Crippen molar-refractivity contribution in [2.45, 2.75) is 32.4 Å². The molecule has 0 saturated carbocycles. The molecule has 4 heterocycles. The van der Waals surface area contributed by atoms with E-state index in [4.69, 9.17) is 9.84 Å². The maximum Gasteiger partial charge on any atom is 0.251 e. The molecule has 1 fully saturated rings. The van der Waals surface area contributed by atoms with E-state index < -0.39 is 0 Å². The van der Waals surface area contributed by atoms with Crippen LogP contribution in [0.3, 0.4) is 0 Å². The molecule has 1 saturated heterocycles. The van der Waals surface area contributed by atoms with Crippen molar-refractivity contribution in [1.82, 2.24) is 35.2 Å². The molecule has 0 atom stereocenters. The van der Waals surface area contributed by atoms with Gasteiger partial charge in [-0.2, -0.15) is 10.2 Å². The minimum absolute atomic E-state index is 0.0861. The van der Waals surface area contributed by atoms with E-state index in [1.54, 1.807) is 12.4 Å². The van der Waals surface area contributed by atoms with Gasteiger partial charge in [-0.1, -0.05) is 0 Å². The largest absolute Gasteiger partial charge is 0.491 e. The average molecular weight is 393 g/mol. The van der Waals surface area contributed by atoms with Gasteiger partial charge in [0.25, 0.3) is 5.91 Å². The van der Waals surface area contributed by atoms with E-state index >= 15 is 0 Å². The molecular weight excluding hydrogens is 370 g/mol. The van der Waals surface area contributed by atoms with Gasteiger partial charge in [-0.15, -0.1) is 0 Å². The lowest BCUT2D eigenvalue weighted by Gasteiger charge is -2.28. The molecule has 3 aromatic rings. The van der Waals surface area contributed by atoms with Gasteiger partial charge >= 0.3 is 0 Å². The third-order valence-corrected chi connectivity index (χ3v) is 5.26. The normalized spacial score (nSPS) is 15.8. The Labute approximate surface area is 168 Å². The number of aromatic nitrogens is 5. The highest BCUT2D eigenvalue weighted by Gasteiger charge is 2.24. The van der Waals surface area contributed by atoms with Crippen LogP contribution in [-0.2, 0) is 6.42 Å². The number of fused-ring (bicyclic) bond motifs is 3. The molecule has 150 valence electrons. The van der Waals surface area contributed by atoms with Crippen LogP contribution in [0.15, 0.2) is 30.6 Å². The van der Waals surface area contributed by atoms with Crippen molar-refractivity contribution in [3.63, 3.8) is 0 Å². The molecule has 9 heteroatoms. The van der Waals surface area contributed by atoms with Crippen LogP contribution in [0, 0.1) is 0 Å². The van der Waals surface area contributed by atoms with Crippen LogP contribution in [0.25, 0.3) is 17.2 Å². The number of nitrogens with zero attached hydrogens (tertiary/aromatic N) is 5. The molecule has 0 aliphatic carbocycles. The molecule has 5 rings (SSSR count). The van der Waals surface area contributed by atoms with Gasteiger partial charge in [0.05, 0.1) is 12.6 Å². The molecule has 2 N–H and O–H groups in total. The molecule has 2 aliphatic rings. The van der Waals surface area contributed by atoms with Crippen molar-refractivity contribution < 1.29 is 9.53 Å². The number of nitrogens with one attached hydrogen (secondary N) is 2. The zero-order chi connectivity index (χ0) is 20.0. The molecule has 1 amide bonds. The summed E-state index contributed by atoms with van der Waals surface area (Å²) in [6.07, 6.45) is 2.27. The van der Waals surface area contributed by atoms with Crippen LogP contribution < -0.4 is 15.4 Å². The Morgan fingerprint density at radius 3 is 2.93 bits per heavy atom. The highest BCUT2D eigenvalue weighted by Crippen LogP contribution is 2.31. The minimum atomic E-state index is -0.0861. The van der Waals surface area contributed by atoms with Crippen molar-refractivity contribution in [3.8, 4) is 23.0 Å². The second-order valence-electron chi connectivity index (χ2n) is 7.66. The van der Waals surface area contributed by atoms with E-state index in [9.17, 15) is 4.79 Å². The van der Waals surface area contributed by atoms with Crippen LogP contribution >= 0.6 is 0 Å². The molecule has 0 bridgehead atoms. The summed E-state index contributed by atoms with van der Waals surface area (Å²) in [5, 5.41) is 15.3. The lowest BCUT2D eigenvalue weighted by Crippen LogP contribution is -2.56. The summed E-state index contributed by atoms with van der Waals surface area (Å²) in [7, 11) is 0. The number of carbonyl (C=O) groups excluding carboxylic acids is 1. The van der Waals surface area contributed by atoms with Crippen molar-refractivity contribution in [2.24, 2.45) is 0 Å². The summed E-state index contributed by atoms with van der Waals surface area (Å²) < 4.78 is 9.61. The second kappa shape index (κ2) is 7.00. The molecule has 0 unspecified atom stereocenters. The smallest absolute Gasteiger partial charge is 0.251 e. The Morgan fingerprint density at radius 2 is 2.17 bits per heavy atom. The molecule has 0 radical (unpaired) electrons. The molecule has 29 heavy (non-hydrogen) atoms. The van der Waals surface area contributed by atoms with Crippen LogP contribution in [0.4, 0.5) is 0 Å². The van der Waals surface area contributed by atoms with E-state index in [2.05, 4.69) is 34.6 Å². The maximum absolute atomic E-state index is 12.6. The van der Waals surface area contributed by atoms with Gasteiger partial charge in [0, 0.05) is 36.8 Å². The lowest BCUT2D eigenvalue weighted by molar-refractivity contribution is 0.0924. The minimum Gasteiger partial charge on any atom is -0.491 e. The second-order valence-corrected chi connectivity index (χ2v) is 7.66. The fraction of sp³-hybridized carbons (Fsp3) is 0.400. The number of hydrogen-bond acceptors (Lipinski definition) is 6. The molecular formula is C20H23N7O2. The Balaban J connectivity index is 1.54. The van der Waals surface area contributed by atoms with E-state index in [1.807, 2.05) is 27.6 Å². The summed E-state index contributed by atoms with van der Waals surface area (Å²) in [5.41, 5.74) is 3.13. The zero-order valence-corrected chi connectivity index (χ0v) is 16.4. The molecule has 1 aromatic carbocycles. The Hall–Kier alpha value is -3.20. The van der Waals surface area contributed by atoms with E-state index in [1.165, 1.54) is 0 Å². The van der Waals surface area contributed by atoms with E-state index in [-0.39, 0.29) is 18.0 Å². The van der Waals surface area contributed by atoms with E-state index in [0.717, 1.165) is 36.0 Å². The van der Waals surface area contributed by atoms with Crippen LogP contribution in [0.5, 0.6) is 5.75 Å². The summed E-state index contributed by atoms with van der Waals surface area (Å²) >= 11 is 0. The van der Waals surface area contributed by atoms with Crippen LogP contribution in [-0.4, -0.2) is 56.2 Å². The number of carbonyl (C=O) groups is 1. The first-order valence-corrected chi connectivity index (χ1v) is 9.88. The van der Waals surface area contributed by atoms with Crippen LogP contribution in [0.1, 0.15) is 35.9 Å². The predicted molar refractivity (Wildman–Crippen MR) is 106 cm³/mol. The van der Waals surface area contributed by atoms with Gasteiger partial charge in [0.2, 0.25) is 0 Å². The fourth-order valence-electron chi connectivity index (χ4n) is 3.60. The zero-order valence-electron chi connectivity index (χ0n) is 16.4. The number of rotatable bonds is 4. The summed E-state index contributed by atoms with van der Waals surface area (Å²) in [6.45, 7) is 6.29. The van der Waals surface area contributed by atoms with Crippen molar-refractivity contribution in [3.05, 3.63) is 41.9 Å². The monoisotopic (exact) mass is 393 g/mol. The predicted octanol–water partition coefficient (Wildman–Crippen LogP) is 1.35.